The van der Waals surface area contributed by atoms with E-state index in [0.717, 1.165) is 5.56 Å². The van der Waals surface area contributed by atoms with Crippen LogP contribution in [0.15, 0.2) is 91.0 Å². The van der Waals surface area contributed by atoms with Gasteiger partial charge in [0.1, 0.15) is 6.10 Å². The molecule has 0 unspecified atom stereocenters. The summed E-state index contributed by atoms with van der Waals surface area (Å²) >= 11 is 0. The molecule has 3 rings (SSSR count). The predicted octanol–water partition coefficient (Wildman–Crippen LogP) is 4.93. The smallest absolute Gasteiger partial charge is 0.261 e. The number of hydrogen-bond donors (Lipinski definition) is 0. The summed E-state index contributed by atoms with van der Waals surface area (Å²) in [6.45, 7) is 5.91. The van der Waals surface area contributed by atoms with Crippen LogP contribution >= 0.6 is 0 Å². The third kappa shape index (κ3) is 5.51. The fourth-order valence-electron chi connectivity index (χ4n) is 3.86. The first-order chi connectivity index (χ1) is 15.0. The lowest BCUT2D eigenvalue weighted by molar-refractivity contribution is 0.00147. The Bertz CT molecular complexity index is 950. The van der Waals surface area contributed by atoms with Gasteiger partial charge in [0.25, 0.3) is 8.32 Å². The molecule has 1 atom stereocenters. The van der Waals surface area contributed by atoms with Crippen LogP contribution in [0.1, 0.15) is 26.3 Å². The number of benzene rings is 3. The summed E-state index contributed by atoms with van der Waals surface area (Å²) in [5, 5.41) is 2.18. The van der Waals surface area contributed by atoms with Crippen molar-refractivity contribution in [2.75, 3.05) is 13.5 Å². The summed E-state index contributed by atoms with van der Waals surface area (Å²) in [5.74, 6) is 6.13. The molecule has 3 aromatic carbocycles. The summed E-state index contributed by atoms with van der Waals surface area (Å²) in [6.07, 6.45) is -0.660. The third-order valence-electron chi connectivity index (χ3n) is 5.28. The molecule has 0 saturated carbocycles. The van der Waals surface area contributed by atoms with Gasteiger partial charge in [-0.05, 0) is 27.5 Å². The van der Waals surface area contributed by atoms with Gasteiger partial charge in [-0.1, -0.05) is 111 Å². The molecule has 31 heavy (non-hydrogen) atoms. The summed E-state index contributed by atoms with van der Waals surface area (Å²) < 4.78 is 25.2. The highest BCUT2D eigenvalue weighted by molar-refractivity contribution is 6.99. The Kier molecular flexibility index (Phi) is 7.81. The second-order valence-electron chi connectivity index (χ2n) is 8.37. The van der Waals surface area contributed by atoms with Gasteiger partial charge >= 0.3 is 0 Å². The molecular weight excluding hydrogens is 403 g/mol. The number of rotatable bonds is 7. The highest BCUT2D eigenvalue weighted by atomic mass is 28.4. The van der Waals surface area contributed by atoms with Crippen LogP contribution in [0.5, 0.6) is 0 Å². The second kappa shape index (κ2) is 10.5. The maximum atomic E-state index is 13.1. The van der Waals surface area contributed by atoms with Crippen LogP contribution in [0.4, 0.5) is 4.39 Å². The van der Waals surface area contributed by atoms with Crippen LogP contribution in [-0.2, 0) is 9.16 Å². The predicted molar refractivity (Wildman–Crippen MR) is 128 cm³/mol. The second-order valence-corrected chi connectivity index (χ2v) is 12.7. The summed E-state index contributed by atoms with van der Waals surface area (Å²) in [6, 6.07) is 30.3. The maximum Gasteiger partial charge on any atom is 0.261 e. The highest BCUT2D eigenvalue weighted by Gasteiger charge is 2.50. The molecule has 2 nitrogen and oxygen atoms in total. The first-order valence-corrected chi connectivity index (χ1v) is 12.4. The molecular formula is C27H29FO2Si. The van der Waals surface area contributed by atoms with Gasteiger partial charge in [-0.25, -0.2) is 4.39 Å². The zero-order valence-electron chi connectivity index (χ0n) is 18.3. The lowest BCUT2D eigenvalue weighted by Crippen LogP contribution is -2.67. The van der Waals surface area contributed by atoms with Crippen molar-refractivity contribution in [1.29, 1.82) is 0 Å². The van der Waals surface area contributed by atoms with Crippen LogP contribution in [0.3, 0.4) is 0 Å². The Morgan fingerprint density at radius 3 is 1.74 bits per heavy atom. The third-order valence-corrected chi connectivity index (χ3v) is 10.3. The van der Waals surface area contributed by atoms with Crippen molar-refractivity contribution in [3.63, 3.8) is 0 Å². The standard InChI is InChI=1S/C27H29FO2Si/c1-27(2,3)31(25-15-9-5-10-16-25,26-17-11-6-12-18-26)30-21-24(29-22-28)20-19-23-13-7-4-8-14-23/h4-18,24H,21-22H2,1-3H3/t24-/m1/s1. The quantitative estimate of drug-likeness (QED) is 0.389. The Balaban J connectivity index is 1.99. The van der Waals surface area contributed by atoms with Gasteiger partial charge in [0.2, 0.25) is 0 Å². The van der Waals surface area contributed by atoms with E-state index in [-0.39, 0.29) is 11.6 Å². The van der Waals surface area contributed by atoms with Gasteiger partial charge in [-0.15, -0.1) is 0 Å². The number of alkyl halides is 1. The van der Waals surface area contributed by atoms with E-state index in [9.17, 15) is 4.39 Å². The Morgan fingerprint density at radius 1 is 0.806 bits per heavy atom. The molecule has 0 radical (unpaired) electrons. The average molecular weight is 433 g/mol. The molecule has 0 heterocycles. The summed E-state index contributed by atoms with van der Waals surface area (Å²) in [7, 11) is -2.72. The molecule has 0 aliphatic carbocycles. The first kappa shape index (κ1) is 23.0. The molecule has 0 spiro atoms. The molecule has 0 aliphatic rings. The lowest BCUT2D eigenvalue weighted by Gasteiger charge is -2.43. The molecule has 0 bridgehead atoms. The Morgan fingerprint density at radius 2 is 1.29 bits per heavy atom. The van der Waals surface area contributed by atoms with E-state index in [1.807, 2.05) is 66.7 Å². The van der Waals surface area contributed by atoms with E-state index in [4.69, 9.17) is 9.16 Å². The summed E-state index contributed by atoms with van der Waals surface area (Å²) in [5.41, 5.74) is 0.861. The monoisotopic (exact) mass is 432 g/mol. The van der Waals surface area contributed by atoms with Crippen LogP contribution in [-0.4, -0.2) is 27.9 Å². The Hall–Kier alpha value is -2.71. The van der Waals surface area contributed by atoms with E-state index >= 15 is 0 Å². The summed E-state index contributed by atoms with van der Waals surface area (Å²) in [4.78, 5) is 0. The van der Waals surface area contributed by atoms with Crippen LogP contribution < -0.4 is 10.4 Å². The van der Waals surface area contributed by atoms with Crippen LogP contribution in [0, 0.1) is 11.8 Å². The van der Waals surface area contributed by atoms with Gasteiger partial charge in [0.05, 0.1) is 6.61 Å². The fourth-order valence-corrected chi connectivity index (χ4v) is 8.41. The van der Waals surface area contributed by atoms with E-state index in [0.29, 0.717) is 0 Å². The number of halogens is 1. The maximum absolute atomic E-state index is 13.1. The van der Waals surface area contributed by atoms with E-state index in [1.165, 1.54) is 10.4 Å². The van der Waals surface area contributed by atoms with Crippen LogP contribution in [0.25, 0.3) is 0 Å². The normalized spacial score (nSPS) is 12.6. The Labute approximate surface area is 186 Å². The fraction of sp³-hybridized carbons (Fsp3) is 0.259. The SMILES string of the molecule is CC(C)(C)[Si](OC[C@@H](C#Cc1ccccc1)OCF)(c1ccccc1)c1ccccc1. The van der Waals surface area contributed by atoms with Crippen molar-refractivity contribution in [3.05, 3.63) is 96.6 Å². The van der Waals surface area contributed by atoms with Gasteiger partial charge in [0, 0.05) is 5.56 Å². The van der Waals surface area contributed by atoms with Crippen molar-refractivity contribution >= 4 is 18.7 Å². The topological polar surface area (TPSA) is 18.5 Å². The molecule has 0 N–H and O–H groups in total. The molecule has 0 aliphatic heterocycles. The minimum absolute atomic E-state index is 0.164. The average Bonchev–Trinajstić information content (AvgIpc) is 2.79. The van der Waals surface area contributed by atoms with Gasteiger partial charge in [-0.2, -0.15) is 0 Å². The van der Waals surface area contributed by atoms with Gasteiger partial charge in [-0.3, -0.25) is 0 Å². The molecule has 4 heteroatoms. The lowest BCUT2D eigenvalue weighted by atomic mass is 10.2. The van der Waals surface area contributed by atoms with E-state index in [1.54, 1.807) is 0 Å². The molecule has 3 aromatic rings. The van der Waals surface area contributed by atoms with Gasteiger partial charge in [0.15, 0.2) is 6.86 Å². The van der Waals surface area contributed by atoms with E-state index in [2.05, 4.69) is 56.9 Å². The van der Waals surface area contributed by atoms with Crippen LogP contribution in [0.2, 0.25) is 5.04 Å². The minimum Gasteiger partial charge on any atom is -0.404 e. The zero-order chi connectivity index (χ0) is 22.2. The molecule has 160 valence electrons. The van der Waals surface area contributed by atoms with Crippen molar-refractivity contribution < 1.29 is 13.6 Å². The number of hydrogen-bond acceptors (Lipinski definition) is 2. The van der Waals surface area contributed by atoms with Crippen molar-refractivity contribution in [1.82, 2.24) is 0 Å². The van der Waals surface area contributed by atoms with Crippen molar-refractivity contribution in [2.45, 2.75) is 31.9 Å². The van der Waals surface area contributed by atoms with E-state index < -0.39 is 21.3 Å². The van der Waals surface area contributed by atoms with Crippen molar-refractivity contribution in [3.8, 4) is 11.8 Å². The molecule has 0 amide bonds. The first-order valence-electron chi connectivity index (χ1n) is 10.5. The molecule has 0 saturated heterocycles. The zero-order valence-corrected chi connectivity index (χ0v) is 19.3. The van der Waals surface area contributed by atoms with Gasteiger partial charge < -0.3 is 9.16 Å². The van der Waals surface area contributed by atoms with Crippen molar-refractivity contribution in [2.24, 2.45) is 0 Å². The largest absolute Gasteiger partial charge is 0.404 e. The molecule has 0 fully saturated rings. The number of ether oxygens (including phenoxy) is 1. The minimum atomic E-state index is -2.72. The highest BCUT2D eigenvalue weighted by Crippen LogP contribution is 2.36. The molecule has 0 aromatic heterocycles.